The number of fused-ring (bicyclic) bond motifs is 1. The van der Waals surface area contributed by atoms with Gasteiger partial charge in [0.05, 0.1) is 0 Å². The quantitative estimate of drug-likeness (QED) is 0.657. The van der Waals surface area contributed by atoms with Gasteiger partial charge in [-0.1, -0.05) is 19.4 Å². The van der Waals surface area contributed by atoms with Crippen LogP contribution in [0.25, 0.3) is 10.9 Å². The molecule has 2 aromatic heterocycles. The molecule has 0 radical (unpaired) electrons. The molecular formula is C20H26N6. The van der Waals surface area contributed by atoms with E-state index in [1.54, 1.807) is 0 Å². The van der Waals surface area contributed by atoms with Gasteiger partial charge in [0.25, 0.3) is 0 Å². The molecular weight excluding hydrogens is 324 g/mol. The molecule has 0 saturated carbocycles. The lowest BCUT2D eigenvalue weighted by molar-refractivity contribution is 0.497. The van der Waals surface area contributed by atoms with Crippen molar-refractivity contribution in [2.24, 2.45) is 0 Å². The first-order valence-electron chi connectivity index (χ1n) is 9.42. The molecule has 0 bridgehead atoms. The molecule has 3 aromatic rings. The molecule has 1 aliphatic rings. The summed E-state index contributed by atoms with van der Waals surface area (Å²) in [6, 6.07) is 10.9. The van der Waals surface area contributed by atoms with E-state index in [2.05, 4.69) is 64.7 Å². The van der Waals surface area contributed by atoms with Crippen LogP contribution in [0.15, 0.2) is 36.5 Å². The molecule has 1 aliphatic heterocycles. The summed E-state index contributed by atoms with van der Waals surface area (Å²) in [7, 11) is 0. The molecule has 0 spiro atoms. The second-order valence-electron chi connectivity index (χ2n) is 6.94. The number of hydrogen-bond donors (Lipinski definition) is 3. The van der Waals surface area contributed by atoms with Crippen molar-refractivity contribution in [3.05, 3.63) is 42.2 Å². The normalized spacial score (nSPS) is 17.6. The summed E-state index contributed by atoms with van der Waals surface area (Å²) in [5.74, 6) is 1.68. The fourth-order valence-electron chi connectivity index (χ4n) is 3.51. The zero-order valence-corrected chi connectivity index (χ0v) is 15.4. The van der Waals surface area contributed by atoms with E-state index in [1.165, 1.54) is 5.39 Å². The molecule has 4 rings (SSSR count). The van der Waals surface area contributed by atoms with Crippen molar-refractivity contribution in [2.45, 2.75) is 32.7 Å². The van der Waals surface area contributed by atoms with Crippen molar-refractivity contribution in [3.8, 4) is 0 Å². The molecule has 136 valence electrons. The van der Waals surface area contributed by atoms with Gasteiger partial charge in [-0.2, -0.15) is 4.98 Å². The predicted octanol–water partition coefficient (Wildman–Crippen LogP) is 3.45. The molecule has 3 N–H and O–H groups in total. The van der Waals surface area contributed by atoms with Gasteiger partial charge in [-0.3, -0.25) is 0 Å². The summed E-state index contributed by atoms with van der Waals surface area (Å²) < 4.78 is 0. The average Bonchev–Trinajstić information content (AvgIpc) is 3.10. The van der Waals surface area contributed by atoms with E-state index in [0.717, 1.165) is 55.2 Å². The van der Waals surface area contributed by atoms with Gasteiger partial charge in [-0.25, -0.2) is 4.98 Å². The number of hydrogen-bond acceptors (Lipinski definition) is 5. The summed E-state index contributed by atoms with van der Waals surface area (Å²) in [5.41, 5.74) is 3.19. The highest BCUT2D eigenvalue weighted by molar-refractivity contribution is 5.83. The van der Waals surface area contributed by atoms with E-state index < -0.39 is 0 Å². The molecule has 0 amide bonds. The van der Waals surface area contributed by atoms with E-state index in [9.17, 15) is 0 Å². The number of aromatic amines is 1. The monoisotopic (exact) mass is 350 g/mol. The maximum absolute atomic E-state index is 4.82. The second kappa shape index (κ2) is 7.33. The second-order valence-corrected chi connectivity index (χ2v) is 6.94. The minimum Gasteiger partial charge on any atom is -0.361 e. The third-order valence-electron chi connectivity index (χ3n) is 4.88. The molecule has 6 heteroatoms. The lowest BCUT2D eigenvalue weighted by Crippen LogP contribution is -2.50. The number of aromatic nitrogens is 3. The molecule has 1 saturated heterocycles. The summed E-state index contributed by atoms with van der Waals surface area (Å²) >= 11 is 0. The Bertz CT molecular complexity index is 887. The van der Waals surface area contributed by atoms with Crippen LogP contribution in [0.3, 0.4) is 0 Å². The molecule has 26 heavy (non-hydrogen) atoms. The number of anilines is 3. The Morgan fingerprint density at radius 3 is 3.00 bits per heavy atom. The third-order valence-corrected chi connectivity index (χ3v) is 4.88. The van der Waals surface area contributed by atoms with Crippen LogP contribution in [0.5, 0.6) is 0 Å². The first kappa shape index (κ1) is 16.8. The van der Waals surface area contributed by atoms with Crippen molar-refractivity contribution in [3.63, 3.8) is 0 Å². The number of aryl methyl sites for hydroxylation is 1. The van der Waals surface area contributed by atoms with Crippen LogP contribution in [0, 0.1) is 0 Å². The Labute approximate surface area is 154 Å². The Morgan fingerprint density at radius 2 is 2.15 bits per heavy atom. The van der Waals surface area contributed by atoms with Gasteiger partial charge in [0.15, 0.2) is 0 Å². The maximum Gasteiger partial charge on any atom is 0.229 e. The van der Waals surface area contributed by atoms with Gasteiger partial charge in [0.1, 0.15) is 5.82 Å². The molecule has 0 unspecified atom stereocenters. The highest BCUT2D eigenvalue weighted by atomic mass is 15.3. The Balaban J connectivity index is 1.65. The third kappa shape index (κ3) is 3.51. The van der Waals surface area contributed by atoms with Crippen LogP contribution in [0.4, 0.5) is 17.5 Å². The van der Waals surface area contributed by atoms with Gasteiger partial charge in [-0.05, 0) is 36.9 Å². The van der Waals surface area contributed by atoms with Crippen molar-refractivity contribution < 1.29 is 0 Å². The first-order chi connectivity index (χ1) is 12.7. The fourth-order valence-corrected chi connectivity index (χ4v) is 3.51. The summed E-state index contributed by atoms with van der Waals surface area (Å²) in [5, 5.41) is 8.03. The lowest BCUT2D eigenvalue weighted by atomic mass is 10.2. The van der Waals surface area contributed by atoms with Crippen molar-refractivity contribution in [1.82, 2.24) is 20.3 Å². The number of rotatable bonds is 5. The molecule has 1 fully saturated rings. The van der Waals surface area contributed by atoms with E-state index in [1.807, 2.05) is 6.20 Å². The highest BCUT2D eigenvalue weighted by Gasteiger charge is 2.20. The lowest BCUT2D eigenvalue weighted by Gasteiger charge is -2.35. The van der Waals surface area contributed by atoms with Gasteiger partial charge in [-0.15, -0.1) is 0 Å². The Morgan fingerprint density at radius 1 is 1.23 bits per heavy atom. The van der Waals surface area contributed by atoms with E-state index >= 15 is 0 Å². The number of nitrogens with one attached hydrogen (secondary N) is 3. The van der Waals surface area contributed by atoms with Gasteiger partial charge in [0, 0.05) is 54.8 Å². The largest absolute Gasteiger partial charge is 0.361 e. The van der Waals surface area contributed by atoms with Crippen LogP contribution in [-0.4, -0.2) is 40.6 Å². The summed E-state index contributed by atoms with van der Waals surface area (Å²) in [6.07, 6.45) is 3.98. The number of piperazine rings is 1. The van der Waals surface area contributed by atoms with Crippen LogP contribution < -0.4 is 15.5 Å². The molecule has 3 heterocycles. The zero-order chi connectivity index (χ0) is 17.9. The van der Waals surface area contributed by atoms with Gasteiger partial charge >= 0.3 is 0 Å². The van der Waals surface area contributed by atoms with Crippen LogP contribution >= 0.6 is 0 Å². The summed E-state index contributed by atoms with van der Waals surface area (Å²) in [6.45, 7) is 7.36. The number of nitrogens with zero attached hydrogens (tertiary/aromatic N) is 3. The van der Waals surface area contributed by atoms with Crippen LogP contribution in [0.1, 0.15) is 26.0 Å². The molecule has 6 nitrogen and oxygen atoms in total. The summed E-state index contributed by atoms with van der Waals surface area (Å²) in [4.78, 5) is 15.2. The van der Waals surface area contributed by atoms with E-state index in [0.29, 0.717) is 12.0 Å². The van der Waals surface area contributed by atoms with Crippen molar-refractivity contribution in [2.75, 3.05) is 29.9 Å². The first-order valence-corrected chi connectivity index (χ1v) is 9.42. The number of benzene rings is 1. The zero-order valence-electron chi connectivity index (χ0n) is 15.4. The predicted molar refractivity (Wildman–Crippen MR) is 107 cm³/mol. The topological polar surface area (TPSA) is 68.9 Å². The smallest absolute Gasteiger partial charge is 0.229 e. The molecule has 1 aromatic carbocycles. The van der Waals surface area contributed by atoms with E-state index in [-0.39, 0.29) is 0 Å². The van der Waals surface area contributed by atoms with Crippen LogP contribution in [-0.2, 0) is 6.42 Å². The molecule has 0 aliphatic carbocycles. The standard InChI is InChI=1S/C20H26N6/c1-3-4-16-12-19(26-10-9-21-13-14(26)2)25-20(23-16)24-17-6-5-15-7-8-22-18(15)11-17/h5-8,11-12,14,21-22H,3-4,9-10,13H2,1-2H3,(H,23,24,25)/t14-/m1/s1. The van der Waals surface area contributed by atoms with Crippen LogP contribution in [0.2, 0.25) is 0 Å². The minimum absolute atomic E-state index is 0.427. The van der Waals surface area contributed by atoms with Gasteiger partial charge in [0.2, 0.25) is 5.95 Å². The number of H-pyrrole nitrogens is 1. The Kier molecular flexibility index (Phi) is 4.75. The van der Waals surface area contributed by atoms with Gasteiger partial charge < -0.3 is 20.5 Å². The average molecular weight is 350 g/mol. The van der Waals surface area contributed by atoms with E-state index in [4.69, 9.17) is 9.97 Å². The Hall–Kier alpha value is -2.60. The fraction of sp³-hybridized carbons (Fsp3) is 0.400. The van der Waals surface area contributed by atoms with Crippen molar-refractivity contribution >= 4 is 28.4 Å². The molecule has 1 atom stereocenters. The minimum atomic E-state index is 0.427. The maximum atomic E-state index is 4.82. The highest BCUT2D eigenvalue weighted by Crippen LogP contribution is 2.23. The SMILES string of the molecule is CCCc1cc(N2CCNC[C@H]2C)nc(Nc2ccc3cc[nH]c3c2)n1. The van der Waals surface area contributed by atoms with Crippen molar-refractivity contribution in [1.29, 1.82) is 0 Å².